The van der Waals surface area contributed by atoms with Gasteiger partial charge in [0.2, 0.25) is 5.82 Å². The fourth-order valence-electron chi connectivity index (χ4n) is 2.40. The molecule has 0 aliphatic rings. The Morgan fingerprint density at radius 2 is 1.96 bits per heavy atom. The van der Waals surface area contributed by atoms with Crippen molar-refractivity contribution in [1.29, 1.82) is 5.26 Å². The summed E-state index contributed by atoms with van der Waals surface area (Å²) in [5.41, 5.74) is 2.16. The molecular formula is C16H11N5O3. The van der Waals surface area contributed by atoms with Crippen molar-refractivity contribution in [3.63, 3.8) is 0 Å². The van der Waals surface area contributed by atoms with Crippen LogP contribution in [0.2, 0.25) is 0 Å². The summed E-state index contributed by atoms with van der Waals surface area (Å²) in [5, 5.41) is 22.5. The molecule has 0 radical (unpaired) electrons. The molecule has 0 spiro atoms. The average molecular weight is 321 g/mol. The zero-order chi connectivity index (χ0) is 17.3. The van der Waals surface area contributed by atoms with Crippen LogP contribution in [-0.2, 0) is 11.3 Å². The third-order valence-electron chi connectivity index (χ3n) is 3.46. The van der Waals surface area contributed by atoms with Crippen molar-refractivity contribution in [2.45, 2.75) is 13.5 Å². The first-order valence-corrected chi connectivity index (χ1v) is 6.95. The van der Waals surface area contributed by atoms with Crippen LogP contribution in [0.5, 0.6) is 0 Å². The fraction of sp³-hybridized carbons (Fsp3) is 0.125. The van der Waals surface area contributed by atoms with E-state index in [1.165, 1.54) is 24.0 Å². The second-order valence-corrected chi connectivity index (χ2v) is 5.10. The lowest BCUT2D eigenvalue weighted by Crippen LogP contribution is -2.10. The van der Waals surface area contributed by atoms with Gasteiger partial charge in [0.15, 0.2) is 5.78 Å². The molecule has 0 aliphatic carbocycles. The quantitative estimate of drug-likeness (QED) is 0.725. The summed E-state index contributed by atoms with van der Waals surface area (Å²) in [6.07, 6.45) is 3.02. The van der Waals surface area contributed by atoms with Gasteiger partial charge in [-0.15, -0.1) is 0 Å². The smallest absolute Gasteiger partial charge is 0.325 e. The Hall–Kier alpha value is -3.60. The summed E-state index contributed by atoms with van der Waals surface area (Å²) < 4.78 is 1.28. The zero-order valence-electron chi connectivity index (χ0n) is 12.6. The summed E-state index contributed by atoms with van der Waals surface area (Å²) in [6.45, 7) is 1.03. The number of carboxylic acid groups (broad SMARTS) is 1. The molecule has 2 aromatic heterocycles. The molecular weight excluding hydrogens is 310 g/mol. The maximum atomic E-state index is 11.7. The van der Waals surface area contributed by atoms with Crippen LogP contribution in [0.1, 0.15) is 23.2 Å². The third kappa shape index (κ3) is 2.70. The number of nitriles is 1. The number of ketones is 1. The van der Waals surface area contributed by atoms with E-state index in [-0.39, 0.29) is 23.8 Å². The van der Waals surface area contributed by atoms with Gasteiger partial charge in [0.1, 0.15) is 18.3 Å². The Balaban J connectivity index is 2.16. The van der Waals surface area contributed by atoms with E-state index >= 15 is 0 Å². The highest BCUT2D eigenvalue weighted by Crippen LogP contribution is 2.26. The van der Waals surface area contributed by atoms with Crippen LogP contribution in [0.25, 0.3) is 22.0 Å². The minimum atomic E-state index is -1.05. The third-order valence-corrected chi connectivity index (χ3v) is 3.46. The number of hydrogen-bond donors (Lipinski definition) is 1. The van der Waals surface area contributed by atoms with E-state index in [1.54, 1.807) is 18.2 Å². The summed E-state index contributed by atoms with van der Waals surface area (Å²) in [6, 6.07) is 7.05. The lowest BCUT2D eigenvalue weighted by Gasteiger charge is -2.03. The number of aliphatic carboxylic acids is 1. The Morgan fingerprint density at radius 3 is 2.54 bits per heavy atom. The minimum Gasteiger partial charge on any atom is -0.480 e. The molecule has 24 heavy (non-hydrogen) atoms. The molecule has 1 N–H and O–H groups in total. The van der Waals surface area contributed by atoms with E-state index in [4.69, 9.17) is 10.4 Å². The van der Waals surface area contributed by atoms with Crippen LogP contribution in [-0.4, -0.2) is 36.6 Å². The van der Waals surface area contributed by atoms with Crippen LogP contribution in [0.4, 0.5) is 0 Å². The van der Waals surface area contributed by atoms with Crippen molar-refractivity contribution < 1.29 is 14.7 Å². The van der Waals surface area contributed by atoms with Gasteiger partial charge in [-0.3, -0.25) is 14.3 Å². The molecule has 0 fully saturated rings. The largest absolute Gasteiger partial charge is 0.480 e. The Kier molecular flexibility index (Phi) is 3.75. The molecule has 0 atom stereocenters. The molecule has 0 saturated carbocycles. The molecule has 118 valence electrons. The SMILES string of the molecule is CC(=O)c1nn(CC(=O)O)c2cc(-c3cnc(C#N)nc3)ccc12. The standard InChI is InChI=1S/C16H11N5O3/c1-9(22)16-12-3-2-10(11-6-18-14(5-17)19-7-11)4-13(12)21(20-16)8-15(23)24/h2-4,6-7H,8H2,1H3,(H,23,24). The number of Topliss-reactive ketones (excluding diaryl/α,β-unsaturated/α-hetero) is 1. The normalized spacial score (nSPS) is 10.5. The number of carbonyl (C=O) groups is 2. The monoisotopic (exact) mass is 321 g/mol. The molecule has 0 saturated heterocycles. The summed E-state index contributed by atoms with van der Waals surface area (Å²) in [5.74, 6) is -1.23. The summed E-state index contributed by atoms with van der Waals surface area (Å²) in [4.78, 5) is 30.6. The molecule has 3 aromatic rings. The fourth-order valence-corrected chi connectivity index (χ4v) is 2.40. The van der Waals surface area contributed by atoms with Gasteiger partial charge in [-0.2, -0.15) is 10.4 Å². The molecule has 0 aliphatic heterocycles. The van der Waals surface area contributed by atoms with Gasteiger partial charge < -0.3 is 5.11 Å². The number of rotatable bonds is 4. The molecule has 8 nitrogen and oxygen atoms in total. The first-order valence-electron chi connectivity index (χ1n) is 6.95. The van der Waals surface area contributed by atoms with Gasteiger partial charge in [0.05, 0.1) is 5.52 Å². The van der Waals surface area contributed by atoms with Crippen molar-refractivity contribution in [2.75, 3.05) is 0 Å². The second kappa shape index (κ2) is 5.89. The summed E-state index contributed by atoms with van der Waals surface area (Å²) >= 11 is 0. The highest BCUT2D eigenvalue weighted by atomic mass is 16.4. The zero-order valence-corrected chi connectivity index (χ0v) is 12.6. The van der Waals surface area contributed by atoms with E-state index in [0.29, 0.717) is 16.5 Å². The van der Waals surface area contributed by atoms with Crippen molar-refractivity contribution in [3.8, 4) is 17.2 Å². The van der Waals surface area contributed by atoms with Crippen molar-refractivity contribution in [2.24, 2.45) is 0 Å². The summed E-state index contributed by atoms with van der Waals surface area (Å²) in [7, 11) is 0. The predicted molar refractivity (Wildman–Crippen MR) is 83.1 cm³/mol. The van der Waals surface area contributed by atoms with Crippen LogP contribution >= 0.6 is 0 Å². The number of carboxylic acids is 1. The Morgan fingerprint density at radius 1 is 1.25 bits per heavy atom. The predicted octanol–water partition coefficient (Wildman–Crippen LogP) is 1.65. The molecule has 2 heterocycles. The number of benzene rings is 1. The van der Waals surface area contributed by atoms with Gasteiger partial charge in [0, 0.05) is 30.3 Å². The molecule has 1 aromatic carbocycles. The van der Waals surface area contributed by atoms with Gasteiger partial charge >= 0.3 is 5.97 Å². The molecule has 3 rings (SSSR count). The molecule has 8 heteroatoms. The topological polar surface area (TPSA) is 122 Å². The number of aromatic nitrogens is 4. The van der Waals surface area contributed by atoms with E-state index in [0.717, 1.165) is 5.56 Å². The second-order valence-electron chi connectivity index (χ2n) is 5.10. The van der Waals surface area contributed by atoms with Crippen LogP contribution in [0, 0.1) is 11.3 Å². The maximum Gasteiger partial charge on any atom is 0.325 e. The van der Waals surface area contributed by atoms with Crippen LogP contribution < -0.4 is 0 Å². The van der Waals surface area contributed by atoms with Crippen molar-refractivity contribution in [3.05, 3.63) is 42.1 Å². The number of nitrogens with zero attached hydrogens (tertiary/aromatic N) is 5. The molecule has 0 bridgehead atoms. The van der Waals surface area contributed by atoms with E-state index in [9.17, 15) is 9.59 Å². The van der Waals surface area contributed by atoms with Gasteiger partial charge in [-0.05, 0) is 17.7 Å². The van der Waals surface area contributed by atoms with E-state index in [2.05, 4.69) is 15.1 Å². The van der Waals surface area contributed by atoms with E-state index < -0.39 is 5.97 Å². The Bertz CT molecular complexity index is 999. The first kappa shape index (κ1) is 15.3. The number of fused-ring (bicyclic) bond motifs is 1. The highest BCUT2D eigenvalue weighted by Gasteiger charge is 2.16. The highest BCUT2D eigenvalue weighted by molar-refractivity contribution is 6.05. The van der Waals surface area contributed by atoms with Gasteiger partial charge in [0.25, 0.3) is 0 Å². The first-order chi connectivity index (χ1) is 11.5. The van der Waals surface area contributed by atoms with E-state index in [1.807, 2.05) is 6.07 Å². The molecule has 0 amide bonds. The van der Waals surface area contributed by atoms with Crippen LogP contribution in [0.15, 0.2) is 30.6 Å². The lowest BCUT2D eigenvalue weighted by molar-refractivity contribution is -0.137. The number of hydrogen-bond acceptors (Lipinski definition) is 6. The lowest BCUT2D eigenvalue weighted by atomic mass is 10.1. The Labute approximate surface area is 136 Å². The van der Waals surface area contributed by atoms with Crippen molar-refractivity contribution in [1.82, 2.24) is 19.7 Å². The van der Waals surface area contributed by atoms with Gasteiger partial charge in [-0.1, -0.05) is 6.07 Å². The molecule has 0 unspecified atom stereocenters. The number of carbonyl (C=O) groups excluding carboxylic acids is 1. The van der Waals surface area contributed by atoms with Crippen molar-refractivity contribution >= 4 is 22.7 Å². The maximum absolute atomic E-state index is 11.7. The van der Waals surface area contributed by atoms with Gasteiger partial charge in [-0.25, -0.2) is 9.97 Å². The van der Waals surface area contributed by atoms with Crippen LogP contribution in [0.3, 0.4) is 0 Å². The minimum absolute atomic E-state index is 0.0645. The average Bonchev–Trinajstić information content (AvgIpc) is 2.92.